The third-order valence-corrected chi connectivity index (χ3v) is 2.94. The molecule has 1 heterocycles. The number of aryl methyl sites for hydroxylation is 1. The minimum atomic E-state index is -0.432. The van der Waals surface area contributed by atoms with E-state index in [0.29, 0.717) is 16.9 Å². The Morgan fingerprint density at radius 2 is 2.05 bits per heavy atom. The number of aromatic nitrogens is 1. The third kappa shape index (κ3) is 2.88. The van der Waals surface area contributed by atoms with Crippen molar-refractivity contribution in [3.63, 3.8) is 0 Å². The first-order chi connectivity index (χ1) is 9.65. The van der Waals surface area contributed by atoms with E-state index in [1.807, 2.05) is 23.8 Å². The van der Waals surface area contributed by atoms with E-state index in [0.717, 1.165) is 6.54 Å². The predicted octanol–water partition coefficient (Wildman–Crippen LogP) is 2.55. The number of hydrogen-bond donors (Lipinski definition) is 1. The highest BCUT2D eigenvalue weighted by Gasteiger charge is 2.11. The standard InChI is InChI=1S/C15H16N2O3/c1-3-17-9-5-8-13(17)14(18)16-12-7-4-6-11(10-12)15(19)20-2/h4-10H,3H2,1-2H3,(H,16,18). The van der Waals surface area contributed by atoms with Gasteiger partial charge in [0, 0.05) is 18.4 Å². The maximum Gasteiger partial charge on any atom is 0.337 e. The van der Waals surface area contributed by atoms with Gasteiger partial charge in [0.2, 0.25) is 0 Å². The molecule has 0 aliphatic rings. The fourth-order valence-electron chi connectivity index (χ4n) is 1.93. The van der Waals surface area contributed by atoms with E-state index in [-0.39, 0.29) is 5.91 Å². The smallest absolute Gasteiger partial charge is 0.337 e. The van der Waals surface area contributed by atoms with E-state index >= 15 is 0 Å². The first kappa shape index (κ1) is 13.9. The zero-order valence-corrected chi connectivity index (χ0v) is 11.4. The summed E-state index contributed by atoms with van der Waals surface area (Å²) in [6.07, 6.45) is 1.85. The number of amides is 1. The van der Waals surface area contributed by atoms with E-state index < -0.39 is 5.97 Å². The molecule has 0 spiro atoms. The summed E-state index contributed by atoms with van der Waals surface area (Å²) >= 11 is 0. The van der Waals surface area contributed by atoms with Crippen molar-refractivity contribution in [3.8, 4) is 0 Å². The average Bonchev–Trinajstić information content (AvgIpc) is 2.95. The highest BCUT2D eigenvalue weighted by Crippen LogP contribution is 2.13. The van der Waals surface area contributed by atoms with Crippen LogP contribution in [0.25, 0.3) is 0 Å². The number of benzene rings is 1. The summed E-state index contributed by atoms with van der Waals surface area (Å²) in [5, 5.41) is 2.77. The summed E-state index contributed by atoms with van der Waals surface area (Å²) in [5.41, 5.74) is 1.54. The number of carbonyl (C=O) groups is 2. The molecule has 0 saturated heterocycles. The maximum absolute atomic E-state index is 12.2. The number of methoxy groups -OCH3 is 1. The molecule has 5 nitrogen and oxygen atoms in total. The number of hydrogen-bond acceptors (Lipinski definition) is 3. The average molecular weight is 272 g/mol. The number of carbonyl (C=O) groups excluding carboxylic acids is 2. The van der Waals surface area contributed by atoms with Crippen LogP contribution in [0.3, 0.4) is 0 Å². The molecule has 1 amide bonds. The Kier molecular flexibility index (Phi) is 4.20. The molecule has 1 aromatic carbocycles. The number of anilines is 1. The Morgan fingerprint density at radius 1 is 1.25 bits per heavy atom. The van der Waals surface area contributed by atoms with Crippen molar-refractivity contribution >= 4 is 17.6 Å². The summed E-state index contributed by atoms with van der Waals surface area (Å²) in [6.45, 7) is 2.69. The molecule has 0 aliphatic heterocycles. The third-order valence-electron chi connectivity index (χ3n) is 2.94. The second kappa shape index (κ2) is 6.06. The van der Waals surface area contributed by atoms with Crippen LogP contribution in [0.5, 0.6) is 0 Å². The monoisotopic (exact) mass is 272 g/mol. The first-order valence-electron chi connectivity index (χ1n) is 6.30. The van der Waals surface area contributed by atoms with Crippen LogP contribution in [0.2, 0.25) is 0 Å². The van der Waals surface area contributed by atoms with Gasteiger partial charge in [-0.05, 0) is 37.3 Å². The van der Waals surface area contributed by atoms with Gasteiger partial charge < -0.3 is 14.6 Å². The van der Waals surface area contributed by atoms with Crippen molar-refractivity contribution in [2.45, 2.75) is 13.5 Å². The zero-order chi connectivity index (χ0) is 14.5. The van der Waals surface area contributed by atoms with Crippen LogP contribution in [0.4, 0.5) is 5.69 Å². The van der Waals surface area contributed by atoms with Gasteiger partial charge in [-0.25, -0.2) is 4.79 Å². The summed E-state index contributed by atoms with van der Waals surface area (Å²) in [5.74, 6) is -0.642. The van der Waals surface area contributed by atoms with E-state index in [1.165, 1.54) is 7.11 Å². The SMILES string of the molecule is CCn1cccc1C(=O)Nc1cccc(C(=O)OC)c1. The van der Waals surface area contributed by atoms with Crippen LogP contribution >= 0.6 is 0 Å². The molecule has 0 atom stereocenters. The Balaban J connectivity index is 2.18. The lowest BCUT2D eigenvalue weighted by Crippen LogP contribution is -2.16. The number of ether oxygens (including phenoxy) is 1. The summed E-state index contributed by atoms with van der Waals surface area (Å²) in [6, 6.07) is 10.2. The molecule has 0 bridgehead atoms. The zero-order valence-electron chi connectivity index (χ0n) is 11.4. The first-order valence-corrected chi connectivity index (χ1v) is 6.30. The number of nitrogens with zero attached hydrogens (tertiary/aromatic N) is 1. The Labute approximate surface area is 117 Å². The molecule has 0 fully saturated rings. The molecule has 0 aliphatic carbocycles. The van der Waals surface area contributed by atoms with Gasteiger partial charge in [0.05, 0.1) is 12.7 Å². The second-order valence-electron chi connectivity index (χ2n) is 4.21. The van der Waals surface area contributed by atoms with Crippen molar-refractivity contribution in [3.05, 3.63) is 53.9 Å². The van der Waals surface area contributed by atoms with E-state index in [2.05, 4.69) is 10.1 Å². The molecule has 2 rings (SSSR count). The lowest BCUT2D eigenvalue weighted by atomic mass is 10.2. The molecule has 104 valence electrons. The van der Waals surface area contributed by atoms with Gasteiger partial charge in [-0.2, -0.15) is 0 Å². The largest absolute Gasteiger partial charge is 0.465 e. The molecule has 0 saturated carbocycles. The maximum atomic E-state index is 12.2. The normalized spacial score (nSPS) is 10.1. The van der Waals surface area contributed by atoms with Crippen LogP contribution in [-0.2, 0) is 11.3 Å². The Morgan fingerprint density at radius 3 is 2.75 bits per heavy atom. The van der Waals surface area contributed by atoms with Crippen molar-refractivity contribution in [2.24, 2.45) is 0 Å². The Bertz CT molecular complexity index is 632. The minimum Gasteiger partial charge on any atom is -0.465 e. The number of esters is 1. The van der Waals surface area contributed by atoms with Crippen molar-refractivity contribution in [1.29, 1.82) is 0 Å². The highest BCUT2D eigenvalue weighted by molar-refractivity contribution is 6.03. The van der Waals surface area contributed by atoms with E-state index in [1.54, 1.807) is 30.3 Å². The molecule has 20 heavy (non-hydrogen) atoms. The van der Waals surface area contributed by atoms with Crippen molar-refractivity contribution < 1.29 is 14.3 Å². The molecule has 0 radical (unpaired) electrons. The van der Waals surface area contributed by atoms with Gasteiger partial charge in [-0.1, -0.05) is 6.07 Å². The lowest BCUT2D eigenvalue weighted by Gasteiger charge is -2.08. The Hall–Kier alpha value is -2.56. The molecular formula is C15H16N2O3. The summed E-state index contributed by atoms with van der Waals surface area (Å²) in [7, 11) is 1.32. The fraction of sp³-hybridized carbons (Fsp3) is 0.200. The van der Waals surface area contributed by atoms with Gasteiger partial charge in [0.25, 0.3) is 5.91 Å². The molecule has 1 N–H and O–H groups in total. The summed E-state index contributed by atoms with van der Waals surface area (Å²) < 4.78 is 6.50. The van der Waals surface area contributed by atoms with Gasteiger partial charge in [0.15, 0.2) is 0 Å². The van der Waals surface area contributed by atoms with Gasteiger partial charge in [-0.15, -0.1) is 0 Å². The van der Waals surface area contributed by atoms with E-state index in [4.69, 9.17) is 0 Å². The van der Waals surface area contributed by atoms with E-state index in [9.17, 15) is 9.59 Å². The molecule has 2 aromatic rings. The fourth-order valence-corrected chi connectivity index (χ4v) is 1.93. The van der Waals surface area contributed by atoms with Crippen LogP contribution < -0.4 is 5.32 Å². The second-order valence-corrected chi connectivity index (χ2v) is 4.21. The molecular weight excluding hydrogens is 256 g/mol. The topological polar surface area (TPSA) is 60.3 Å². The lowest BCUT2D eigenvalue weighted by molar-refractivity contribution is 0.0600. The quantitative estimate of drug-likeness (QED) is 0.870. The van der Waals surface area contributed by atoms with Crippen molar-refractivity contribution in [1.82, 2.24) is 4.57 Å². The highest BCUT2D eigenvalue weighted by atomic mass is 16.5. The minimum absolute atomic E-state index is 0.209. The van der Waals surface area contributed by atoms with Gasteiger partial charge in [-0.3, -0.25) is 4.79 Å². The van der Waals surface area contributed by atoms with Crippen LogP contribution in [0, 0.1) is 0 Å². The van der Waals surface area contributed by atoms with Gasteiger partial charge in [0.1, 0.15) is 5.69 Å². The van der Waals surface area contributed by atoms with Crippen LogP contribution in [0.1, 0.15) is 27.8 Å². The molecule has 0 unspecified atom stereocenters. The number of nitrogens with one attached hydrogen (secondary N) is 1. The van der Waals surface area contributed by atoms with Crippen LogP contribution in [0.15, 0.2) is 42.6 Å². The van der Waals surface area contributed by atoms with Gasteiger partial charge >= 0.3 is 5.97 Å². The van der Waals surface area contributed by atoms with Crippen molar-refractivity contribution in [2.75, 3.05) is 12.4 Å². The summed E-state index contributed by atoms with van der Waals surface area (Å²) in [4.78, 5) is 23.6. The van der Waals surface area contributed by atoms with Crippen LogP contribution in [-0.4, -0.2) is 23.6 Å². The number of rotatable bonds is 4. The molecule has 5 heteroatoms. The molecule has 1 aromatic heterocycles. The predicted molar refractivity (Wildman–Crippen MR) is 75.8 cm³/mol.